The van der Waals surface area contributed by atoms with Gasteiger partial charge in [-0.1, -0.05) is 30.3 Å². The van der Waals surface area contributed by atoms with Gasteiger partial charge in [-0.2, -0.15) is 0 Å². The van der Waals surface area contributed by atoms with Crippen molar-refractivity contribution >= 4 is 11.9 Å². The Kier molecular flexibility index (Phi) is 3.01. The zero-order valence-electron chi connectivity index (χ0n) is 10.6. The van der Waals surface area contributed by atoms with Gasteiger partial charge in [0, 0.05) is 5.92 Å². The first-order chi connectivity index (χ1) is 9.16. The first kappa shape index (κ1) is 12.2. The minimum atomic E-state index is -1.01. The van der Waals surface area contributed by atoms with Gasteiger partial charge in [0.05, 0.1) is 0 Å². The third kappa shape index (κ3) is 2.62. The quantitative estimate of drug-likeness (QED) is 0.849. The Bertz CT molecular complexity index is 495. The van der Waals surface area contributed by atoms with Gasteiger partial charge in [0.1, 0.15) is 0 Å². The topological polar surface area (TPSA) is 66.4 Å². The molecule has 0 spiro atoms. The van der Waals surface area contributed by atoms with Gasteiger partial charge in [-0.3, -0.25) is 4.79 Å². The number of hydrogen-bond donors (Lipinski definition) is 2. The number of amides is 1. The summed E-state index contributed by atoms with van der Waals surface area (Å²) < 4.78 is 0. The van der Waals surface area contributed by atoms with Crippen LogP contribution in [0.1, 0.15) is 30.9 Å². The van der Waals surface area contributed by atoms with E-state index in [2.05, 4.69) is 5.32 Å². The normalized spacial score (nSPS) is 26.5. The molecule has 19 heavy (non-hydrogen) atoms. The monoisotopic (exact) mass is 259 g/mol. The highest BCUT2D eigenvalue weighted by Gasteiger charge is 2.51. The van der Waals surface area contributed by atoms with Crippen molar-refractivity contribution in [2.75, 3.05) is 0 Å². The average molecular weight is 259 g/mol. The SMILES string of the molecule is O=C(O)[C@H](NC(=O)[C@@H]1C[C@@H]1C1CC1)c1ccccc1. The molecular weight excluding hydrogens is 242 g/mol. The number of nitrogens with one attached hydrogen (secondary N) is 1. The molecule has 0 radical (unpaired) electrons. The molecule has 0 aliphatic heterocycles. The summed E-state index contributed by atoms with van der Waals surface area (Å²) in [7, 11) is 0. The second kappa shape index (κ2) is 4.68. The van der Waals surface area contributed by atoms with Gasteiger partial charge in [0.2, 0.25) is 5.91 Å². The van der Waals surface area contributed by atoms with Crippen molar-refractivity contribution in [3.05, 3.63) is 35.9 Å². The van der Waals surface area contributed by atoms with E-state index in [-0.39, 0.29) is 11.8 Å². The van der Waals surface area contributed by atoms with Crippen molar-refractivity contribution in [3.8, 4) is 0 Å². The van der Waals surface area contributed by atoms with Crippen LogP contribution in [0.5, 0.6) is 0 Å². The standard InChI is InChI=1S/C15H17NO3/c17-14(12-8-11(12)9-6-7-9)16-13(15(18)19)10-4-2-1-3-5-10/h1-5,9,11-13H,6-8H2,(H,16,17)(H,18,19)/t11-,12-,13-/m1/s1. The highest BCUT2D eigenvalue weighted by atomic mass is 16.4. The minimum Gasteiger partial charge on any atom is -0.479 e. The Labute approximate surface area is 111 Å². The summed E-state index contributed by atoms with van der Waals surface area (Å²) in [5, 5.41) is 11.9. The zero-order valence-corrected chi connectivity index (χ0v) is 10.6. The predicted molar refractivity (Wildman–Crippen MR) is 69.3 cm³/mol. The Hall–Kier alpha value is -1.84. The predicted octanol–water partition coefficient (Wildman–Crippen LogP) is 1.97. The smallest absolute Gasteiger partial charge is 0.330 e. The second-order valence-electron chi connectivity index (χ2n) is 5.53. The van der Waals surface area contributed by atoms with E-state index in [0.717, 1.165) is 12.3 Å². The summed E-state index contributed by atoms with van der Waals surface area (Å²) in [5.41, 5.74) is 0.618. The second-order valence-corrected chi connectivity index (χ2v) is 5.53. The lowest BCUT2D eigenvalue weighted by atomic mass is 10.1. The zero-order chi connectivity index (χ0) is 13.4. The third-order valence-corrected chi connectivity index (χ3v) is 4.07. The van der Waals surface area contributed by atoms with Crippen LogP contribution in [0.2, 0.25) is 0 Å². The lowest BCUT2D eigenvalue weighted by Gasteiger charge is -2.14. The molecular formula is C15H17NO3. The van der Waals surface area contributed by atoms with Crippen molar-refractivity contribution in [2.24, 2.45) is 17.8 Å². The molecule has 0 aromatic heterocycles. The first-order valence-corrected chi connectivity index (χ1v) is 6.75. The lowest BCUT2D eigenvalue weighted by Crippen LogP contribution is -2.35. The van der Waals surface area contributed by atoms with Crippen LogP contribution in [0.15, 0.2) is 30.3 Å². The number of benzene rings is 1. The van der Waals surface area contributed by atoms with Crippen molar-refractivity contribution in [1.82, 2.24) is 5.32 Å². The highest BCUT2D eigenvalue weighted by Crippen LogP contribution is 2.54. The molecule has 1 aromatic rings. The summed E-state index contributed by atoms with van der Waals surface area (Å²) in [4.78, 5) is 23.4. The van der Waals surface area contributed by atoms with Crippen molar-refractivity contribution in [3.63, 3.8) is 0 Å². The van der Waals surface area contributed by atoms with Crippen LogP contribution < -0.4 is 5.32 Å². The average Bonchev–Trinajstić information content (AvgIpc) is 3.28. The molecule has 3 rings (SSSR count). The number of carboxylic acids is 1. The number of rotatable bonds is 5. The number of carbonyl (C=O) groups is 2. The van der Waals surface area contributed by atoms with Crippen LogP contribution in [0.3, 0.4) is 0 Å². The molecule has 3 atom stereocenters. The van der Waals surface area contributed by atoms with Gasteiger partial charge in [-0.05, 0) is 36.7 Å². The molecule has 0 heterocycles. The van der Waals surface area contributed by atoms with Gasteiger partial charge in [0.25, 0.3) is 0 Å². The van der Waals surface area contributed by atoms with E-state index in [1.807, 2.05) is 6.07 Å². The summed E-state index contributed by atoms with van der Waals surface area (Å²) in [6.07, 6.45) is 3.39. The number of carbonyl (C=O) groups excluding carboxylic acids is 1. The fraction of sp³-hybridized carbons (Fsp3) is 0.467. The van der Waals surface area contributed by atoms with Crippen LogP contribution >= 0.6 is 0 Å². The maximum atomic E-state index is 12.1. The van der Waals surface area contributed by atoms with Crippen molar-refractivity contribution in [1.29, 1.82) is 0 Å². The van der Waals surface area contributed by atoms with Gasteiger partial charge in [-0.15, -0.1) is 0 Å². The first-order valence-electron chi connectivity index (χ1n) is 6.75. The summed E-state index contributed by atoms with van der Waals surface area (Å²) in [6, 6.07) is 7.90. The maximum Gasteiger partial charge on any atom is 0.330 e. The molecule has 4 heteroatoms. The number of hydrogen-bond acceptors (Lipinski definition) is 2. The van der Waals surface area contributed by atoms with Crippen LogP contribution in [-0.2, 0) is 9.59 Å². The van der Waals surface area contributed by atoms with Crippen LogP contribution in [0, 0.1) is 17.8 Å². The van der Waals surface area contributed by atoms with E-state index < -0.39 is 12.0 Å². The van der Waals surface area contributed by atoms with E-state index in [1.165, 1.54) is 12.8 Å². The van der Waals surface area contributed by atoms with Crippen LogP contribution in [-0.4, -0.2) is 17.0 Å². The Morgan fingerprint density at radius 3 is 2.47 bits per heavy atom. The Balaban J connectivity index is 1.65. The number of carboxylic acid groups (broad SMARTS) is 1. The van der Waals surface area contributed by atoms with E-state index in [0.29, 0.717) is 11.5 Å². The van der Waals surface area contributed by atoms with E-state index in [9.17, 15) is 14.7 Å². The molecule has 0 bridgehead atoms. The molecule has 2 N–H and O–H groups in total. The van der Waals surface area contributed by atoms with Gasteiger partial charge in [0.15, 0.2) is 6.04 Å². The molecule has 0 unspecified atom stereocenters. The summed E-state index contributed by atoms with van der Waals surface area (Å²) in [6.45, 7) is 0. The molecule has 2 aliphatic rings. The van der Waals surface area contributed by atoms with E-state index in [1.54, 1.807) is 24.3 Å². The summed E-state index contributed by atoms with van der Waals surface area (Å²) in [5.74, 6) is 0.148. The molecule has 4 nitrogen and oxygen atoms in total. The van der Waals surface area contributed by atoms with Crippen LogP contribution in [0.25, 0.3) is 0 Å². The van der Waals surface area contributed by atoms with Gasteiger partial charge >= 0.3 is 5.97 Å². The number of aliphatic carboxylic acids is 1. The molecule has 2 saturated carbocycles. The largest absolute Gasteiger partial charge is 0.479 e. The molecule has 1 amide bonds. The van der Waals surface area contributed by atoms with E-state index in [4.69, 9.17) is 0 Å². The minimum absolute atomic E-state index is 0.0399. The van der Waals surface area contributed by atoms with Gasteiger partial charge < -0.3 is 10.4 Å². The van der Waals surface area contributed by atoms with Crippen molar-refractivity contribution < 1.29 is 14.7 Å². The molecule has 100 valence electrons. The third-order valence-electron chi connectivity index (χ3n) is 4.07. The molecule has 2 aliphatic carbocycles. The lowest BCUT2D eigenvalue weighted by molar-refractivity contribution is -0.142. The molecule has 0 saturated heterocycles. The fourth-order valence-corrected chi connectivity index (χ4v) is 2.74. The Morgan fingerprint density at radius 1 is 1.21 bits per heavy atom. The van der Waals surface area contributed by atoms with Crippen LogP contribution in [0.4, 0.5) is 0 Å². The summed E-state index contributed by atoms with van der Waals surface area (Å²) >= 11 is 0. The maximum absolute atomic E-state index is 12.1. The molecule has 2 fully saturated rings. The molecule has 1 aromatic carbocycles. The van der Waals surface area contributed by atoms with Gasteiger partial charge in [-0.25, -0.2) is 4.79 Å². The van der Waals surface area contributed by atoms with E-state index >= 15 is 0 Å². The van der Waals surface area contributed by atoms with Crippen molar-refractivity contribution in [2.45, 2.75) is 25.3 Å². The Morgan fingerprint density at radius 2 is 1.89 bits per heavy atom. The fourth-order valence-electron chi connectivity index (χ4n) is 2.74. The highest BCUT2D eigenvalue weighted by molar-refractivity contribution is 5.87.